The van der Waals surface area contributed by atoms with Crippen LogP contribution in [0.3, 0.4) is 0 Å². The lowest BCUT2D eigenvalue weighted by Gasteiger charge is -2.17. The highest BCUT2D eigenvalue weighted by Crippen LogP contribution is 2.22. The van der Waals surface area contributed by atoms with E-state index in [1.54, 1.807) is 20.1 Å². The van der Waals surface area contributed by atoms with Crippen LogP contribution < -0.4 is 9.46 Å². The van der Waals surface area contributed by atoms with Crippen LogP contribution in [0, 0.1) is 13.8 Å². The predicted octanol–water partition coefficient (Wildman–Crippen LogP) is 3.35. The zero-order chi connectivity index (χ0) is 16.3. The Bertz CT molecular complexity index is 769. The van der Waals surface area contributed by atoms with Crippen LogP contribution in [0.4, 0.5) is 0 Å². The number of rotatable bonds is 5. The molecule has 0 aliphatic rings. The molecule has 0 saturated heterocycles. The van der Waals surface area contributed by atoms with E-state index in [0.717, 1.165) is 16.7 Å². The molecule has 5 heteroatoms. The number of methoxy groups -OCH3 is 1. The van der Waals surface area contributed by atoms with Gasteiger partial charge in [0.15, 0.2) is 0 Å². The minimum absolute atomic E-state index is 0.322. The van der Waals surface area contributed by atoms with Gasteiger partial charge in [-0.2, -0.15) is 0 Å². The Morgan fingerprint density at radius 2 is 1.82 bits per heavy atom. The van der Waals surface area contributed by atoms with E-state index in [1.165, 1.54) is 0 Å². The van der Waals surface area contributed by atoms with Crippen molar-refractivity contribution in [3.05, 3.63) is 59.2 Å². The van der Waals surface area contributed by atoms with Crippen molar-refractivity contribution in [1.29, 1.82) is 0 Å². The number of aryl methyl sites for hydroxylation is 2. The molecule has 1 N–H and O–H groups in total. The Morgan fingerprint density at radius 3 is 2.50 bits per heavy atom. The third-order valence-electron chi connectivity index (χ3n) is 3.56. The van der Waals surface area contributed by atoms with Gasteiger partial charge in [0.05, 0.1) is 12.0 Å². The van der Waals surface area contributed by atoms with Crippen LogP contribution in [-0.4, -0.2) is 15.5 Å². The van der Waals surface area contributed by atoms with Crippen LogP contribution in [0.25, 0.3) is 0 Å². The van der Waals surface area contributed by atoms with Gasteiger partial charge in [0.25, 0.3) is 0 Å². The molecule has 0 spiro atoms. The van der Waals surface area contributed by atoms with Gasteiger partial charge in [-0.15, -0.1) is 0 Å². The molecule has 0 heterocycles. The molecule has 2 aromatic rings. The fourth-order valence-corrected chi connectivity index (χ4v) is 3.83. The second kappa shape index (κ2) is 6.50. The lowest BCUT2D eigenvalue weighted by Crippen LogP contribution is -2.27. The van der Waals surface area contributed by atoms with E-state index >= 15 is 0 Å². The smallest absolute Gasteiger partial charge is 0.241 e. The summed E-state index contributed by atoms with van der Waals surface area (Å²) in [5.41, 5.74) is 2.50. The van der Waals surface area contributed by atoms with Gasteiger partial charge in [0.1, 0.15) is 5.75 Å². The van der Waals surface area contributed by atoms with E-state index in [-0.39, 0.29) is 6.04 Å². The van der Waals surface area contributed by atoms with Crippen LogP contribution in [0.1, 0.15) is 29.7 Å². The summed E-state index contributed by atoms with van der Waals surface area (Å²) in [5.74, 6) is 0.704. The van der Waals surface area contributed by atoms with E-state index in [2.05, 4.69) is 4.72 Å². The summed E-state index contributed by atoms with van der Waals surface area (Å²) in [7, 11) is -1.98. The second-order valence-corrected chi connectivity index (χ2v) is 7.07. The molecular formula is C17H21NO3S. The van der Waals surface area contributed by atoms with E-state index in [4.69, 9.17) is 4.74 Å². The Balaban J connectivity index is 2.29. The van der Waals surface area contributed by atoms with Crippen LogP contribution in [0.5, 0.6) is 5.75 Å². The lowest BCUT2D eigenvalue weighted by atomic mass is 10.1. The predicted molar refractivity (Wildman–Crippen MR) is 87.6 cm³/mol. The topological polar surface area (TPSA) is 55.4 Å². The van der Waals surface area contributed by atoms with Gasteiger partial charge < -0.3 is 4.74 Å². The number of hydrogen-bond donors (Lipinski definition) is 1. The fraction of sp³-hybridized carbons (Fsp3) is 0.294. The summed E-state index contributed by atoms with van der Waals surface area (Å²) < 4.78 is 33.1. The Hall–Kier alpha value is -1.85. The standard InChI is InChI=1S/C17H21NO3S/c1-12-8-9-13(2)17(10-12)22(19,20)18-14(3)15-6-5-7-16(11-15)21-4/h5-11,14,18H,1-4H3. The van der Waals surface area contributed by atoms with Crippen molar-refractivity contribution in [2.24, 2.45) is 0 Å². The third kappa shape index (κ3) is 3.67. The summed E-state index contributed by atoms with van der Waals surface area (Å²) in [4.78, 5) is 0.322. The largest absolute Gasteiger partial charge is 0.497 e. The molecule has 0 amide bonds. The lowest BCUT2D eigenvalue weighted by molar-refractivity contribution is 0.413. The van der Waals surface area contributed by atoms with E-state index < -0.39 is 10.0 Å². The summed E-state index contributed by atoms with van der Waals surface area (Å²) in [5, 5.41) is 0. The molecule has 2 aromatic carbocycles. The van der Waals surface area contributed by atoms with Crippen molar-refractivity contribution in [2.75, 3.05) is 7.11 Å². The highest BCUT2D eigenvalue weighted by Gasteiger charge is 2.20. The molecule has 0 bridgehead atoms. The summed E-state index contributed by atoms with van der Waals surface area (Å²) in [6.45, 7) is 5.49. The van der Waals surface area contributed by atoms with Gasteiger partial charge in [-0.3, -0.25) is 0 Å². The van der Waals surface area contributed by atoms with Crippen molar-refractivity contribution < 1.29 is 13.2 Å². The molecule has 118 valence electrons. The SMILES string of the molecule is COc1cccc(C(C)NS(=O)(=O)c2cc(C)ccc2C)c1. The van der Waals surface area contributed by atoms with Crippen molar-refractivity contribution in [3.63, 3.8) is 0 Å². The molecule has 0 radical (unpaired) electrons. The van der Waals surface area contributed by atoms with Crippen LogP contribution >= 0.6 is 0 Å². The number of hydrogen-bond acceptors (Lipinski definition) is 3. The highest BCUT2D eigenvalue weighted by atomic mass is 32.2. The minimum Gasteiger partial charge on any atom is -0.497 e. The van der Waals surface area contributed by atoms with Gasteiger partial charge in [-0.1, -0.05) is 24.3 Å². The molecular weight excluding hydrogens is 298 g/mol. The molecule has 0 fully saturated rings. The second-order valence-electron chi connectivity index (χ2n) is 5.39. The molecule has 1 atom stereocenters. The molecule has 4 nitrogen and oxygen atoms in total. The van der Waals surface area contributed by atoms with Crippen LogP contribution in [-0.2, 0) is 10.0 Å². The molecule has 0 saturated carbocycles. The zero-order valence-corrected chi connectivity index (χ0v) is 14.1. The maximum absolute atomic E-state index is 12.6. The van der Waals surface area contributed by atoms with Crippen molar-refractivity contribution >= 4 is 10.0 Å². The fourth-order valence-electron chi connectivity index (χ4n) is 2.27. The van der Waals surface area contributed by atoms with E-state index in [0.29, 0.717) is 10.6 Å². The number of ether oxygens (including phenoxy) is 1. The number of benzene rings is 2. The van der Waals surface area contributed by atoms with Gasteiger partial charge in [0.2, 0.25) is 10.0 Å². The molecule has 0 aromatic heterocycles. The first-order valence-electron chi connectivity index (χ1n) is 7.07. The molecule has 1 unspecified atom stereocenters. The highest BCUT2D eigenvalue weighted by molar-refractivity contribution is 7.89. The first-order valence-corrected chi connectivity index (χ1v) is 8.55. The molecule has 0 aliphatic heterocycles. The summed E-state index contributed by atoms with van der Waals surface area (Å²) in [6, 6.07) is 12.4. The maximum atomic E-state index is 12.6. The van der Waals surface area contributed by atoms with Crippen molar-refractivity contribution in [3.8, 4) is 5.75 Å². The van der Waals surface area contributed by atoms with Crippen LogP contribution in [0.15, 0.2) is 47.4 Å². The molecule has 0 aliphatic carbocycles. The monoisotopic (exact) mass is 319 g/mol. The van der Waals surface area contributed by atoms with Crippen LogP contribution in [0.2, 0.25) is 0 Å². The van der Waals surface area contributed by atoms with Gasteiger partial charge >= 0.3 is 0 Å². The number of nitrogens with one attached hydrogen (secondary N) is 1. The van der Waals surface area contributed by atoms with Crippen molar-refractivity contribution in [1.82, 2.24) is 4.72 Å². The van der Waals surface area contributed by atoms with E-state index in [9.17, 15) is 8.42 Å². The average Bonchev–Trinajstić information content (AvgIpc) is 2.49. The van der Waals surface area contributed by atoms with E-state index in [1.807, 2.05) is 50.2 Å². The van der Waals surface area contributed by atoms with Gasteiger partial charge in [0, 0.05) is 6.04 Å². The van der Waals surface area contributed by atoms with Crippen molar-refractivity contribution in [2.45, 2.75) is 31.7 Å². The minimum atomic E-state index is -3.57. The van der Waals surface area contributed by atoms with Gasteiger partial charge in [-0.05, 0) is 55.7 Å². The Kier molecular flexibility index (Phi) is 4.88. The third-order valence-corrected chi connectivity index (χ3v) is 5.24. The summed E-state index contributed by atoms with van der Waals surface area (Å²) in [6.07, 6.45) is 0. The molecule has 2 rings (SSSR count). The normalized spacial score (nSPS) is 12.9. The Labute approximate surface area is 132 Å². The quantitative estimate of drug-likeness (QED) is 0.919. The molecule has 22 heavy (non-hydrogen) atoms. The number of sulfonamides is 1. The maximum Gasteiger partial charge on any atom is 0.241 e. The van der Waals surface area contributed by atoms with Gasteiger partial charge in [-0.25, -0.2) is 13.1 Å². The first kappa shape index (κ1) is 16.5. The zero-order valence-electron chi connectivity index (χ0n) is 13.3. The first-order chi connectivity index (χ1) is 10.3. The summed E-state index contributed by atoms with van der Waals surface area (Å²) >= 11 is 0. The Morgan fingerprint density at radius 1 is 1.09 bits per heavy atom. The average molecular weight is 319 g/mol.